The summed E-state index contributed by atoms with van der Waals surface area (Å²) in [7, 11) is 0. The fraction of sp³-hybridized carbons (Fsp3) is 0.391. The number of fused-ring (bicyclic) bond motifs is 1. The number of hydrogen-bond acceptors (Lipinski definition) is 4. The number of para-hydroxylation sites is 2. The van der Waals surface area contributed by atoms with E-state index in [4.69, 9.17) is 16.3 Å². The maximum Gasteiger partial charge on any atom is 0.265 e. The number of anilines is 2. The van der Waals surface area contributed by atoms with Gasteiger partial charge in [0, 0.05) is 31.1 Å². The van der Waals surface area contributed by atoms with E-state index in [0.717, 1.165) is 44.1 Å². The largest absolute Gasteiger partial charge is 0.477 e. The van der Waals surface area contributed by atoms with Crippen LogP contribution in [0.25, 0.3) is 0 Å². The van der Waals surface area contributed by atoms with Crippen LogP contribution in [0.2, 0.25) is 5.02 Å². The summed E-state index contributed by atoms with van der Waals surface area (Å²) < 4.78 is 20.0. The maximum atomic E-state index is 14.0. The van der Waals surface area contributed by atoms with Gasteiger partial charge in [-0.15, -0.1) is 0 Å². The molecular weight excluding hydrogens is 421 g/mol. The number of benzene rings is 2. The quantitative estimate of drug-likeness (QED) is 0.753. The van der Waals surface area contributed by atoms with Crippen molar-refractivity contribution in [3.8, 4) is 5.75 Å². The Bertz CT molecular complexity index is 965. The molecule has 2 aromatic rings. The summed E-state index contributed by atoms with van der Waals surface area (Å²) in [5.74, 6) is -0.269. The average Bonchev–Trinajstić information content (AvgIpc) is 2.79. The minimum Gasteiger partial charge on any atom is -0.477 e. The van der Waals surface area contributed by atoms with Gasteiger partial charge in [-0.1, -0.05) is 23.7 Å². The number of nitrogens with zero attached hydrogens (tertiary/aromatic N) is 2. The Morgan fingerprint density at radius 2 is 1.90 bits per heavy atom. The van der Waals surface area contributed by atoms with Crippen LogP contribution in [0, 0.1) is 5.82 Å². The predicted molar refractivity (Wildman–Crippen MR) is 118 cm³/mol. The van der Waals surface area contributed by atoms with Crippen LogP contribution in [0.1, 0.15) is 25.7 Å². The van der Waals surface area contributed by atoms with Crippen LogP contribution < -0.4 is 15.0 Å². The summed E-state index contributed by atoms with van der Waals surface area (Å²) in [5, 5.41) is 2.85. The normalized spacial score (nSPS) is 18.2. The summed E-state index contributed by atoms with van der Waals surface area (Å²) >= 11 is 5.76. The summed E-state index contributed by atoms with van der Waals surface area (Å²) in [5.41, 5.74) is 0.936. The van der Waals surface area contributed by atoms with Gasteiger partial charge < -0.3 is 19.9 Å². The third-order valence-electron chi connectivity index (χ3n) is 5.62. The highest BCUT2D eigenvalue weighted by Gasteiger charge is 2.34. The van der Waals surface area contributed by atoms with Crippen molar-refractivity contribution in [3.05, 3.63) is 53.3 Å². The Morgan fingerprint density at radius 3 is 2.68 bits per heavy atom. The molecule has 0 radical (unpaired) electrons. The molecular formula is C23H25ClFN3O3. The first-order valence-corrected chi connectivity index (χ1v) is 10.9. The van der Waals surface area contributed by atoms with E-state index in [1.54, 1.807) is 0 Å². The zero-order chi connectivity index (χ0) is 21.8. The molecule has 0 aliphatic carbocycles. The summed E-state index contributed by atoms with van der Waals surface area (Å²) in [6.45, 7) is 2.27. The number of nitrogens with one attached hydrogen (secondary N) is 1. The molecule has 4 rings (SSSR count). The summed E-state index contributed by atoms with van der Waals surface area (Å²) in [6, 6.07) is 11.6. The average molecular weight is 446 g/mol. The SMILES string of the molecule is O=C(CCN1CC(C(=O)N2CCCCC2)Oc2ccccc21)Nc1ccc(Cl)cc1F. The second-order valence-corrected chi connectivity index (χ2v) is 8.26. The van der Waals surface area contributed by atoms with Crippen molar-refractivity contribution in [2.45, 2.75) is 31.8 Å². The molecule has 1 saturated heterocycles. The van der Waals surface area contributed by atoms with Crippen LogP contribution in [0.3, 0.4) is 0 Å². The van der Waals surface area contributed by atoms with Gasteiger partial charge in [0.05, 0.1) is 17.9 Å². The highest BCUT2D eigenvalue weighted by molar-refractivity contribution is 6.30. The molecule has 1 N–H and O–H groups in total. The lowest BCUT2D eigenvalue weighted by atomic mass is 10.1. The Kier molecular flexibility index (Phi) is 6.61. The first-order chi connectivity index (χ1) is 15.0. The fourth-order valence-electron chi connectivity index (χ4n) is 4.01. The highest BCUT2D eigenvalue weighted by atomic mass is 35.5. The van der Waals surface area contributed by atoms with E-state index in [-0.39, 0.29) is 28.9 Å². The Balaban J connectivity index is 1.42. The van der Waals surface area contributed by atoms with Crippen molar-refractivity contribution in [1.82, 2.24) is 4.90 Å². The Morgan fingerprint density at radius 1 is 1.13 bits per heavy atom. The first kappa shape index (κ1) is 21.4. The van der Waals surface area contributed by atoms with Crippen molar-refractivity contribution < 1.29 is 18.7 Å². The third kappa shape index (κ3) is 5.10. The van der Waals surface area contributed by atoms with Crippen LogP contribution >= 0.6 is 11.6 Å². The van der Waals surface area contributed by atoms with Crippen molar-refractivity contribution in [3.63, 3.8) is 0 Å². The molecule has 2 heterocycles. The number of piperidine rings is 1. The number of likely N-dealkylation sites (tertiary alicyclic amines) is 1. The van der Waals surface area contributed by atoms with Crippen molar-refractivity contribution >= 4 is 34.8 Å². The zero-order valence-corrected chi connectivity index (χ0v) is 17.9. The zero-order valence-electron chi connectivity index (χ0n) is 17.2. The highest BCUT2D eigenvalue weighted by Crippen LogP contribution is 2.34. The van der Waals surface area contributed by atoms with E-state index in [0.29, 0.717) is 18.8 Å². The molecule has 6 nitrogen and oxygen atoms in total. The molecule has 164 valence electrons. The third-order valence-corrected chi connectivity index (χ3v) is 5.85. The minimum absolute atomic E-state index is 0.00751. The molecule has 2 aromatic carbocycles. The van der Waals surface area contributed by atoms with Crippen LogP contribution in [0.5, 0.6) is 5.75 Å². The predicted octanol–water partition coefficient (Wildman–Crippen LogP) is 4.09. The second kappa shape index (κ2) is 9.56. The lowest BCUT2D eigenvalue weighted by molar-refractivity contribution is -0.139. The monoisotopic (exact) mass is 445 g/mol. The van der Waals surface area contributed by atoms with Gasteiger partial charge in [0.2, 0.25) is 5.91 Å². The molecule has 2 aliphatic heterocycles. The van der Waals surface area contributed by atoms with Gasteiger partial charge >= 0.3 is 0 Å². The van der Waals surface area contributed by atoms with Crippen LogP contribution in [0.4, 0.5) is 15.8 Å². The first-order valence-electron chi connectivity index (χ1n) is 10.6. The molecule has 1 fully saturated rings. The van der Waals surface area contributed by atoms with Gasteiger partial charge in [-0.25, -0.2) is 4.39 Å². The van der Waals surface area contributed by atoms with E-state index < -0.39 is 11.9 Å². The van der Waals surface area contributed by atoms with Gasteiger partial charge in [0.25, 0.3) is 5.91 Å². The lowest BCUT2D eigenvalue weighted by Crippen LogP contribution is -2.51. The second-order valence-electron chi connectivity index (χ2n) is 7.83. The van der Waals surface area contributed by atoms with E-state index in [9.17, 15) is 14.0 Å². The maximum absolute atomic E-state index is 14.0. The summed E-state index contributed by atoms with van der Waals surface area (Å²) in [6.07, 6.45) is 2.71. The molecule has 31 heavy (non-hydrogen) atoms. The van der Waals surface area contributed by atoms with Crippen molar-refractivity contribution in [2.75, 3.05) is 36.4 Å². The van der Waals surface area contributed by atoms with Gasteiger partial charge in [-0.2, -0.15) is 0 Å². The lowest BCUT2D eigenvalue weighted by Gasteiger charge is -2.38. The topological polar surface area (TPSA) is 61.9 Å². The molecule has 8 heteroatoms. The van der Waals surface area contributed by atoms with Crippen LogP contribution in [-0.2, 0) is 9.59 Å². The molecule has 1 unspecified atom stereocenters. The number of ether oxygens (including phenoxy) is 1. The van der Waals surface area contributed by atoms with Crippen LogP contribution in [-0.4, -0.2) is 49.0 Å². The van der Waals surface area contributed by atoms with Gasteiger partial charge in [0.1, 0.15) is 11.6 Å². The number of amides is 2. The Hall–Kier alpha value is -2.80. The van der Waals surface area contributed by atoms with Crippen LogP contribution in [0.15, 0.2) is 42.5 Å². The molecule has 0 saturated carbocycles. The molecule has 0 bridgehead atoms. The molecule has 1 atom stereocenters. The number of halogens is 2. The number of rotatable bonds is 5. The smallest absolute Gasteiger partial charge is 0.265 e. The number of carbonyl (C=O) groups excluding carboxylic acids is 2. The van der Waals surface area contributed by atoms with Gasteiger partial charge in [0.15, 0.2) is 6.10 Å². The van der Waals surface area contributed by atoms with Crippen molar-refractivity contribution in [1.29, 1.82) is 0 Å². The van der Waals surface area contributed by atoms with Crippen molar-refractivity contribution in [2.24, 2.45) is 0 Å². The summed E-state index contributed by atoms with van der Waals surface area (Å²) in [4.78, 5) is 29.3. The molecule has 0 aromatic heterocycles. The van der Waals surface area contributed by atoms with Gasteiger partial charge in [-0.05, 0) is 49.6 Å². The van der Waals surface area contributed by atoms with E-state index in [1.807, 2.05) is 34.1 Å². The number of hydrogen-bond donors (Lipinski definition) is 1. The van der Waals surface area contributed by atoms with Gasteiger partial charge in [-0.3, -0.25) is 9.59 Å². The van der Waals surface area contributed by atoms with E-state index in [1.165, 1.54) is 12.1 Å². The standard InChI is InChI=1S/C23H25ClFN3O3/c24-16-8-9-18(17(25)14-16)26-22(29)10-13-28-15-21(23(30)27-11-4-1-5-12-27)31-20-7-3-2-6-19(20)28/h2-3,6-9,14,21H,1,4-5,10-13,15H2,(H,26,29). The van der Waals surface area contributed by atoms with E-state index >= 15 is 0 Å². The molecule has 0 spiro atoms. The number of carbonyl (C=O) groups is 2. The van der Waals surface area contributed by atoms with E-state index in [2.05, 4.69) is 5.32 Å². The molecule has 2 aliphatic rings. The fourth-order valence-corrected chi connectivity index (χ4v) is 4.16. The Labute approximate surface area is 185 Å². The molecule has 2 amide bonds. The minimum atomic E-state index is -0.607.